The molecule has 1 aromatic heterocycles. The molecule has 0 aliphatic carbocycles. The van der Waals surface area contributed by atoms with Crippen LogP contribution in [0.15, 0.2) is 36.5 Å². The largest absolute Gasteiger partial charge is 0.287 e. The summed E-state index contributed by atoms with van der Waals surface area (Å²) in [4.78, 5) is 20.5. The minimum absolute atomic E-state index is 0.0747. The van der Waals surface area contributed by atoms with Crippen molar-refractivity contribution in [3.05, 3.63) is 59.2 Å². The number of aryl methyl sites for hydroxylation is 2. The Kier molecular flexibility index (Phi) is 2.77. The quantitative estimate of drug-likeness (QED) is 0.717. The van der Waals surface area contributed by atoms with Gasteiger partial charge in [0.2, 0.25) is 5.78 Å². The van der Waals surface area contributed by atoms with Gasteiger partial charge in [-0.1, -0.05) is 30.3 Å². The maximum absolute atomic E-state index is 12.1. The van der Waals surface area contributed by atoms with Crippen molar-refractivity contribution < 1.29 is 4.79 Å². The molecule has 2 rings (SSSR count). The standard InChI is InChI=1S/C13H12N2O/c1-9-8-14-10(2)12(15-9)13(16)11-6-4-3-5-7-11/h3-8H,1-2H3. The van der Waals surface area contributed by atoms with Gasteiger partial charge < -0.3 is 0 Å². The molecule has 0 aliphatic rings. The Hall–Kier alpha value is -2.03. The number of rotatable bonds is 2. The van der Waals surface area contributed by atoms with E-state index in [1.54, 1.807) is 25.3 Å². The molecule has 1 heterocycles. The number of benzene rings is 1. The van der Waals surface area contributed by atoms with Crippen LogP contribution >= 0.6 is 0 Å². The van der Waals surface area contributed by atoms with E-state index in [4.69, 9.17) is 0 Å². The van der Waals surface area contributed by atoms with E-state index in [0.717, 1.165) is 5.69 Å². The van der Waals surface area contributed by atoms with Crippen molar-refractivity contribution in [2.45, 2.75) is 13.8 Å². The molecule has 0 atom stereocenters. The highest BCUT2D eigenvalue weighted by molar-refractivity contribution is 6.08. The molecule has 3 heteroatoms. The Labute approximate surface area is 94.2 Å². The molecule has 0 amide bonds. The molecular formula is C13H12N2O. The summed E-state index contributed by atoms with van der Waals surface area (Å²) in [5.41, 5.74) is 2.50. The molecule has 1 aromatic carbocycles. The first kappa shape index (κ1) is 10.5. The molecule has 0 saturated carbocycles. The van der Waals surface area contributed by atoms with Crippen molar-refractivity contribution in [1.29, 1.82) is 0 Å². The van der Waals surface area contributed by atoms with Crippen LogP contribution in [0.3, 0.4) is 0 Å². The van der Waals surface area contributed by atoms with Crippen molar-refractivity contribution in [2.75, 3.05) is 0 Å². The molecule has 0 bridgehead atoms. The highest BCUT2D eigenvalue weighted by Gasteiger charge is 2.13. The lowest BCUT2D eigenvalue weighted by molar-refractivity contribution is 0.103. The minimum atomic E-state index is -0.0747. The van der Waals surface area contributed by atoms with E-state index in [2.05, 4.69) is 9.97 Å². The van der Waals surface area contributed by atoms with Crippen LogP contribution in [-0.4, -0.2) is 15.8 Å². The number of aromatic nitrogens is 2. The van der Waals surface area contributed by atoms with Crippen LogP contribution < -0.4 is 0 Å². The molecule has 0 radical (unpaired) electrons. The van der Waals surface area contributed by atoms with E-state index < -0.39 is 0 Å². The number of nitrogens with zero attached hydrogens (tertiary/aromatic N) is 2. The van der Waals surface area contributed by atoms with E-state index in [1.807, 2.05) is 25.1 Å². The normalized spacial score (nSPS) is 10.1. The SMILES string of the molecule is Cc1cnc(C)c(C(=O)c2ccccc2)n1. The first-order valence-corrected chi connectivity index (χ1v) is 5.08. The van der Waals surface area contributed by atoms with Gasteiger partial charge in [-0.25, -0.2) is 4.98 Å². The molecular weight excluding hydrogens is 200 g/mol. The van der Waals surface area contributed by atoms with Crippen molar-refractivity contribution in [1.82, 2.24) is 9.97 Å². The van der Waals surface area contributed by atoms with Crippen molar-refractivity contribution in [2.24, 2.45) is 0 Å². The highest BCUT2D eigenvalue weighted by atomic mass is 16.1. The van der Waals surface area contributed by atoms with Crippen molar-refractivity contribution >= 4 is 5.78 Å². The van der Waals surface area contributed by atoms with E-state index in [9.17, 15) is 4.79 Å². The molecule has 3 nitrogen and oxygen atoms in total. The Morgan fingerprint density at radius 1 is 1.12 bits per heavy atom. The minimum Gasteiger partial charge on any atom is -0.287 e. The fourth-order valence-corrected chi connectivity index (χ4v) is 1.48. The first-order chi connectivity index (χ1) is 7.68. The van der Waals surface area contributed by atoms with Crippen molar-refractivity contribution in [3.8, 4) is 0 Å². The molecule has 0 saturated heterocycles. The first-order valence-electron chi connectivity index (χ1n) is 5.08. The van der Waals surface area contributed by atoms with Gasteiger partial charge in [0.15, 0.2) is 0 Å². The zero-order valence-corrected chi connectivity index (χ0v) is 9.27. The monoisotopic (exact) mass is 212 g/mol. The van der Waals surface area contributed by atoms with Gasteiger partial charge >= 0.3 is 0 Å². The maximum Gasteiger partial charge on any atom is 0.213 e. The molecule has 0 aliphatic heterocycles. The molecule has 2 aromatic rings. The van der Waals surface area contributed by atoms with E-state index in [-0.39, 0.29) is 5.78 Å². The number of carbonyl (C=O) groups is 1. The van der Waals surface area contributed by atoms with Crippen LogP contribution in [0, 0.1) is 13.8 Å². The average Bonchev–Trinajstić information content (AvgIpc) is 2.32. The Balaban J connectivity index is 2.46. The van der Waals surface area contributed by atoms with Gasteiger partial charge in [-0.2, -0.15) is 0 Å². The average molecular weight is 212 g/mol. The van der Waals surface area contributed by atoms with Crippen LogP contribution in [0.5, 0.6) is 0 Å². The number of hydrogen-bond acceptors (Lipinski definition) is 3. The zero-order valence-electron chi connectivity index (χ0n) is 9.27. The van der Waals surface area contributed by atoms with Gasteiger partial charge in [-0.3, -0.25) is 9.78 Å². The van der Waals surface area contributed by atoms with E-state index in [0.29, 0.717) is 17.0 Å². The third-order valence-electron chi connectivity index (χ3n) is 2.33. The summed E-state index contributed by atoms with van der Waals surface area (Å²) in [6, 6.07) is 9.13. The summed E-state index contributed by atoms with van der Waals surface area (Å²) < 4.78 is 0. The Morgan fingerprint density at radius 3 is 2.50 bits per heavy atom. The molecule has 16 heavy (non-hydrogen) atoms. The summed E-state index contributed by atoms with van der Waals surface area (Å²) in [7, 11) is 0. The lowest BCUT2D eigenvalue weighted by atomic mass is 10.1. The van der Waals surface area contributed by atoms with Crippen LogP contribution in [0.4, 0.5) is 0 Å². The van der Waals surface area contributed by atoms with E-state index >= 15 is 0 Å². The fourth-order valence-electron chi connectivity index (χ4n) is 1.48. The summed E-state index contributed by atoms with van der Waals surface area (Å²) in [6.45, 7) is 3.62. The van der Waals surface area contributed by atoms with Gasteiger partial charge in [0, 0.05) is 11.8 Å². The van der Waals surface area contributed by atoms with Crippen LogP contribution in [-0.2, 0) is 0 Å². The Morgan fingerprint density at radius 2 is 1.81 bits per heavy atom. The summed E-state index contributed by atoms with van der Waals surface area (Å²) in [6.07, 6.45) is 1.66. The second-order valence-electron chi connectivity index (χ2n) is 3.64. The van der Waals surface area contributed by atoms with Gasteiger partial charge in [-0.15, -0.1) is 0 Å². The lowest BCUT2D eigenvalue weighted by Gasteiger charge is -2.04. The predicted molar refractivity (Wildman–Crippen MR) is 61.4 cm³/mol. The summed E-state index contributed by atoms with van der Waals surface area (Å²) >= 11 is 0. The Bertz CT molecular complexity index is 521. The third kappa shape index (κ3) is 1.98. The van der Waals surface area contributed by atoms with Gasteiger partial charge in [0.1, 0.15) is 5.69 Å². The number of carbonyl (C=O) groups excluding carboxylic acids is 1. The molecule has 0 N–H and O–H groups in total. The fraction of sp³-hybridized carbons (Fsp3) is 0.154. The topological polar surface area (TPSA) is 42.9 Å². The van der Waals surface area contributed by atoms with Crippen molar-refractivity contribution in [3.63, 3.8) is 0 Å². The molecule has 0 fully saturated rings. The molecule has 0 unspecified atom stereocenters. The maximum atomic E-state index is 12.1. The number of hydrogen-bond donors (Lipinski definition) is 0. The predicted octanol–water partition coefficient (Wildman–Crippen LogP) is 2.32. The van der Waals surface area contributed by atoms with Gasteiger partial charge in [0.05, 0.1) is 11.4 Å². The summed E-state index contributed by atoms with van der Waals surface area (Å²) in [5, 5.41) is 0. The summed E-state index contributed by atoms with van der Waals surface area (Å²) in [5.74, 6) is -0.0747. The highest BCUT2D eigenvalue weighted by Crippen LogP contribution is 2.10. The van der Waals surface area contributed by atoms with E-state index in [1.165, 1.54) is 0 Å². The van der Waals surface area contributed by atoms with Crippen LogP contribution in [0.1, 0.15) is 27.4 Å². The smallest absolute Gasteiger partial charge is 0.213 e. The van der Waals surface area contributed by atoms with Gasteiger partial charge in [-0.05, 0) is 13.8 Å². The molecule has 80 valence electrons. The van der Waals surface area contributed by atoms with Gasteiger partial charge in [0.25, 0.3) is 0 Å². The second kappa shape index (κ2) is 4.23. The molecule has 0 spiro atoms. The lowest BCUT2D eigenvalue weighted by Crippen LogP contribution is -2.08. The van der Waals surface area contributed by atoms with Crippen LogP contribution in [0.2, 0.25) is 0 Å². The number of ketones is 1. The second-order valence-corrected chi connectivity index (χ2v) is 3.64. The van der Waals surface area contributed by atoms with Crippen LogP contribution in [0.25, 0.3) is 0 Å². The third-order valence-corrected chi connectivity index (χ3v) is 2.33. The zero-order chi connectivity index (χ0) is 11.5.